The smallest absolute Gasteiger partial charge is 0.122 e. The molecule has 4 nitrogen and oxygen atoms in total. The largest absolute Gasteiger partial charge is 0.501 e. The van der Waals surface area contributed by atoms with Crippen LogP contribution in [0.25, 0.3) is 66.7 Å². The second-order valence-electron chi connectivity index (χ2n) is 17.3. The first kappa shape index (κ1) is 29.8. The molecule has 1 saturated heterocycles. The van der Waals surface area contributed by atoms with Crippen molar-refractivity contribution in [3.63, 3.8) is 0 Å². The zero-order valence-corrected chi connectivity index (χ0v) is 38.7. The van der Waals surface area contributed by atoms with Crippen LogP contribution in [0.1, 0.15) is 92.1 Å². The van der Waals surface area contributed by atoms with Gasteiger partial charge in [-0.05, 0) is 107 Å². The molecule has 0 saturated carbocycles. The normalized spacial score (nSPS) is 18.5. The van der Waals surface area contributed by atoms with E-state index in [2.05, 4.69) is 35.2 Å². The van der Waals surface area contributed by atoms with Gasteiger partial charge in [-0.15, -0.1) is 47.5 Å². The summed E-state index contributed by atoms with van der Waals surface area (Å²) in [5.74, 6) is -1.03. The van der Waals surface area contributed by atoms with E-state index in [-0.39, 0.29) is 76.8 Å². The van der Waals surface area contributed by atoms with E-state index in [0.717, 1.165) is 17.7 Å². The maximum Gasteiger partial charge on any atom is 0.122 e. The summed E-state index contributed by atoms with van der Waals surface area (Å²) >= 11 is 0. The van der Waals surface area contributed by atoms with Crippen LogP contribution >= 0.6 is 0 Å². The first-order chi connectivity index (χ1) is 34.8. The summed E-state index contributed by atoms with van der Waals surface area (Å²) in [6.07, 6.45) is 2.36. The summed E-state index contributed by atoms with van der Waals surface area (Å²) in [6, 6.07) is 37.0. The first-order valence-electron chi connectivity index (χ1n) is 27.4. The fraction of sp³-hybridized carbons (Fsp3) is 0.268. The van der Waals surface area contributed by atoms with Crippen molar-refractivity contribution in [2.75, 3.05) is 0 Å². The van der Waals surface area contributed by atoms with Gasteiger partial charge in [-0.3, -0.25) is 0 Å². The second kappa shape index (κ2) is 18.5. The molecular formula is C56H55IrN3OSi-2. The predicted octanol–water partition coefficient (Wildman–Crippen LogP) is 15.3. The molecule has 0 unspecified atom stereocenters. The van der Waals surface area contributed by atoms with E-state index < -0.39 is 46.3 Å². The van der Waals surface area contributed by atoms with Crippen molar-refractivity contribution in [1.82, 2.24) is 9.97 Å². The van der Waals surface area contributed by atoms with Gasteiger partial charge in [-0.25, -0.2) is 0 Å². The van der Waals surface area contributed by atoms with Crippen molar-refractivity contribution in [2.24, 2.45) is 5.41 Å². The van der Waals surface area contributed by atoms with E-state index in [1.807, 2.05) is 57.2 Å². The molecule has 6 heteroatoms. The van der Waals surface area contributed by atoms with Crippen LogP contribution in [0.2, 0.25) is 25.2 Å². The van der Waals surface area contributed by atoms with Crippen molar-refractivity contribution in [3.05, 3.63) is 167 Å². The van der Waals surface area contributed by atoms with Crippen molar-refractivity contribution >= 4 is 30.0 Å². The first-order valence-corrected chi connectivity index (χ1v) is 23.8. The molecule has 0 N–H and O–H groups in total. The van der Waals surface area contributed by atoms with Gasteiger partial charge in [0.1, 0.15) is 5.58 Å². The maximum absolute atomic E-state index is 9.41. The van der Waals surface area contributed by atoms with Crippen LogP contribution in [0.5, 0.6) is 0 Å². The molecule has 3 aromatic heterocycles. The maximum atomic E-state index is 9.41. The van der Waals surface area contributed by atoms with Crippen LogP contribution in [0.3, 0.4) is 0 Å². The SMILES string of the molecule is [2H]C([2H])([2H])c1c[c-]c(-c2ccc(C([2H])([2H])C(C)(C)C)cn2)cc1-c1ccccc1.[2H]c1cc(C2([2H])CC[Si](C)(C)CC2)cc(C([2H])([2H])[2H])c1-c1cc(-c2[c-]ccc3c2oc2c([2H])c(C#N)ccc23)ncc1C([2H])([2H])[2H].[Ir]. The summed E-state index contributed by atoms with van der Waals surface area (Å²) in [6.45, 7) is 2.50. The number of fused-ring (bicyclic) bond motifs is 3. The average Bonchev–Trinajstić information content (AvgIpc) is 3.76. The van der Waals surface area contributed by atoms with Gasteiger partial charge in [-0.1, -0.05) is 142 Å². The van der Waals surface area contributed by atoms with E-state index in [9.17, 15) is 6.63 Å². The van der Waals surface area contributed by atoms with Gasteiger partial charge in [0.05, 0.1) is 20.0 Å². The van der Waals surface area contributed by atoms with Gasteiger partial charge in [0.2, 0.25) is 0 Å². The van der Waals surface area contributed by atoms with Gasteiger partial charge >= 0.3 is 0 Å². The van der Waals surface area contributed by atoms with Gasteiger partial charge < -0.3 is 14.4 Å². The van der Waals surface area contributed by atoms with Crippen molar-refractivity contribution < 1.29 is 43.7 Å². The van der Waals surface area contributed by atoms with Crippen LogP contribution in [0.15, 0.2) is 126 Å². The number of pyridine rings is 2. The van der Waals surface area contributed by atoms with Crippen molar-refractivity contribution in [3.8, 4) is 50.8 Å². The Kier molecular flexibility index (Phi) is 8.88. The van der Waals surface area contributed by atoms with Crippen LogP contribution in [-0.4, -0.2) is 18.0 Å². The molecule has 0 atom stereocenters. The summed E-state index contributed by atoms with van der Waals surface area (Å²) in [5, 5.41) is 10.7. The molecule has 0 aliphatic carbocycles. The Balaban J connectivity index is 0.000000242. The Hall–Kier alpha value is -5.44. The van der Waals surface area contributed by atoms with Gasteiger partial charge in [0.15, 0.2) is 0 Å². The number of aryl methyl sites for hydroxylation is 3. The molecule has 1 aliphatic rings. The van der Waals surface area contributed by atoms with Gasteiger partial charge in [0.25, 0.3) is 0 Å². The third kappa shape index (κ3) is 9.93. The number of furan rings is 1. The molecule has 4 heterocycles. The average molecular weight is 1020 g/mol. The van der Waals surface area contributed by atoms with E-state index in [0.29, 0.717) is 62.7 Å². The fourth-order valence-corrected chi connectivity index (χ4v) is 9.93. The Morgan fingerprint density at radius 3 is 2.34 bits per heavy atom. The molecule has 8 aromatic rings. The Labute approximate surface area is 402 Å². The molecule has 1 fully saturated rings. The molecule has 9 rings (SSSR count). The van der Waals surface area contributed by atoms with E-state index in [1.165, 1.54) is 30.5 Å². The molecule has 0 amide bonds. The number of rotatable bonds is 6. The topological polar surface area (TPSA) is 62.7 Å². The van der Waals surface area contributed by atoms with Crippen molar-refractivity contribution in [1.29, 1.82) is 5.26 Å². The Morgan fingerprint density at radius 2 is 1.63 bits per heavy atom. The van der Waals surface area contributed by atoms with E-state index >= 15 is 0 Å². The number of nitrogens with zero attached hydrogens (tertiary/aromatic N) is 3. The second-order valence-corrected chi connectivity index (χ2v) is 22.7. The van der Waals surface area contributed by atoms with Crippen molar-refractivity contribution in [2.45, 2.75) is 91.6 Å². The number of hydrogen-bond acceptors (Lipinski definition) is 4. The Bertz CT molecular complexity index is 3490. The van der Waals surface area contributed by atoms with Crippen LogP contribution < -0.4 is 0 Å². The Morgan fingerprint density at radius 1 is 0.855 bits per heavy atom. The number of nitriles is 1. The third-order valence-electron chi connectivity index (χ3n) is 11.1. The molecule has 0 bridgehead atoms. The molecule has 0 spiro atoms. The van der Waals surface area contributed by atoms with E-state index in [4.69, 9.17) is 22.2 Å². The summed E-state index contributed by atoms with van der Waals surface area (Å²) in [4.78, 5) is 8.88. The summed E-state index contributed by atoms with van der Waals surface area (Å²) in [5.41, 5.74) is 4.22. The number of benzene rings is 5. The predicted molar refractivity (Wildman–Crippen MR) is 256 cm³/mol. The van der Waals surface area contributed by atoms with Crippen LogP contribution in [0, 0.1) is 49.4 Å². The summed E-state index contributed by atoms with van der Waals surface area (Å²) in [7, 11) is -1.43. The third-order valence-corrected chi connectivity index (χ3v) is 14.3. The van der Waals surface area contributed by atoms with Gasteiger partial charge in [-0.2, -0.15) is 5.26 Å². The van der Waals surface area contributed by atoms with Gasteiger partial charge in [0, 0.05) is 62.4 Å². The fourth-order valence-electron chi connectivity index (χ4n) is 7.72. The minimum Gasteiger partial charge on any atom is -0.501 e. The minimum absolute atomic E-state index is 0. The van der Waals surface area contributed by atoms with E-state index in [1.54, 1.807) is 48.7 Å². The number of hydrogen-bond donors (Lipinski definition) is 0. The van der Waals surface area contributed by atoms with Crippen LogP contribution in [0.4, 0.5) is 0 Å². The molecule has 5 aromatic carbocycles. The standard InChI is InChI=1S/C33H31N2OSi.C23H24N.Ir/c1-21-16-25(24-12-14-37(3,4)15-13-24)9-11-26(21)30-18-31(35-20-22(30)2)29-7-5-6-28-27-10-8-23(19-34)17-32(27)36-33(28)29;1-17-10-12-20(14-21(17)19-8-6-5-7-9-19)22-13-11-18(16-24-22)15-23(2,3)4;/h5-6,8-11,16-18,20,24H,12-15H2,1-4H3;5-11,13-14,16H,15H2,1-4H3;/q2*-1;/i1D3,2D3,11D,17D,24D;1D3,15D2;. The molecule has 1 aliphatic heterocycles. The molecular weight excluding hydrogens is 951 g/mol. The monoisotopic (exact) mass is 1020 g/mol. The zero-order valence-electron chi connectivity index (χ0n) is 49.3. The summed E-state index contributed by atoms with van der Waals surface area (Å²) < 4.78 is 123. The number of aromatic nitrogens is 2. The van der Waals surface area contributed by atoms with Crippen LogP contribution in [-0.2, 0) is 26.5 Å². The minimum atomic E-state index is -2.70. The molecule has 62 heavy (non-hydrogen) atoms. The zero-order chi connectivity index (χ0) is 54.8. The molecule has 1 radical (unpaired) electrons. The molecule has 315 valence electrons. The quantitative estimate of drug-likeness (QED) is 0.123.